The van der Waals surface area contributed by atoms with Crippen LogP contribution in [0.1, 0.15) is 36.7 Å². The molecule has 0 bridgehead atoms. The fraction of sp³-hybridized carbons (Fsp3) is 0.588. The Morgan fingerprint density at radius 2 is 1.71 bits per heavy atom. The van der Waals surface area contributed by atoms with Gasteiger partial charge in [-0.05, 0) is 23.6 Å². The number of piperazine rings is 1. The van der Waals surface area contributed by atoms with Crippen LogP contribution in [0.15, 0.2) is 18.2 Å². The zero-order chi connectivity index (χ0) is 18.1. The Morgan fingerprint density at radius 1 is 1.12 bits per heavy atom. The lowest BCUT2D eigenvalue weighted by molar-refractivity contribution is 0.0698. The molecule has 1 aromatic rings. The monoisotopic (exact) mass is 354 g/mol. The molecule has 0 aromatic heterocycles. The first-order chi connectivity index (χ1) is 11.0. The van der Waals surface area contributed by atoms with Crippen molar-refractivity contribution in [2.45, 2.75) is 26.2 Å². The van der Waals surface area contributed by atoms with Crippen molar-refractivity contribution in [2.24, 2.45) is 0 Å². The van der Waals surface area contributed by atoms with Crippen LogP contribution in [0.25, 0.3) is 0 Å². The summed E-state index contributed by atoms with van der Waals surface area (Å²) in [4.78, 5) is 14.5. The standard InChI is InChI=1S/C17H26N2O4S/c1-17(2,3)14-12-13(6-7-15(14)23-4)16(20)18-8-10-19(11-9-18)24(5,21)22/h6-7,12H,8-11H2,1-5H3. The summed E-state index contributed by atoms with van der Waals surface area (Å²) in [5.41, 5.74) is 1.44. The summed E-state index contributed by atoms with van der Waals surface area (Å²) < 4.78 is 29.9. The zero-order valence-corrected chi connectivity index (χ0v) is 15.8. The van der Waals surface area contributed by atoms with Gasteiger partial charge in [-0.2, -0.15) is 4.31 Å². The molecular weight excluding hydrogens is 328 g/mol. The van der Waals surface area contributed by atoms with Gasteiger partial charge in [-0.15, -0.1) is 0 Å². The van der Waals surface area contributed by atoms with E-state index in [1.165, 1.54) is 10.6 Å². The number of carbonyl (C=O) groups excluding carboxylic acids is 1. The molecule has 0 aliphatic carbocycles. The Balaban J connectivity index is 2.19. The lowest BCUT2D eigenvalue weighted by Gasteiger charge is -2.33. The summed E-state index contributed by atoms with van der Waals surface area (Å²) in [6, 6.07) is 5.46. The highest BCUT2D eigenvalue weighted by Crippen LogP contribution is 2.32. The van der Waals surface area contributed by atoms with E-state index in [2.05, 4.69) is 20.8 Å². The maximum atomic E-state index is 12.8. The fourth-order valence-corrected chi connectivity index (χ4v) is 3.66. The number of ether oxygens (including phenoxy) is 1. The number of benzene rings is 1. The van der Waals surface area contributed by atoms with Crippen molar-refractivity contribution >= 4 is 15.9 Å². The van der Waals surface area contributed by atoms with E-state index in [9.17, 15) is 13.2 Å². The minimum atomic E-state index is -3.20. The van der Waals surface area contributed by atoms with E-state index < -0.39 is 10.0 Å². The van der Waals surface area contributed by atoms with Gasteiger partial charge in [-0.3, -0.25) is 4.79 Å². The molecule has 1 aliphatic heterocycles. The van der Waals surface area contributed by atoms with Crippen LogP contribution < -0.4 is 4.74 Å². The SMILES string of the molecule is COc1ccc(C(=O)N2CCN(S(C)(=O)=O)CC2)cc1C(C)(C)C. The van der Waals surface area contributed by atoms with Crippen LogP contribution in [-0.2, 0) is 15.4 Å². The van der Waals surface area contributed by atoms with Crippen molar-refractivity contribution in [3.8, 4) is 5.75 Å². The number of rotatable bonds is 3. The van der Waals surface area contributed by atoms with Crippen molar-refractivity contribution in [3.63, 3.8) is 0 Å². The van der Waals surface area contributed by atoms with E-state index in [1.807, 2.05) is 12.1 Å². The first-order valence-corrected chi connectivity index (χ1v) is 9.82. The van der Waals surface area contributed by atoms with Gasteiger partial charge in [0.15, 0.2) is 0 Å². The molecule has 1 saturated heterocycles. The second-order valence-electron chi connectivity index (χ2n) is 7.12. The van der Waals surface area contributed by atoms with Gasteiger partial charge in [0, 0.05) is 37.3 Å². The van der Waals surface area contributed by atoms with E-state index in [0.29, 0.717) is 31.7 Å². The number of sulfonamides is 1. The van der Waals surface area contributed by atoms with Gasteiger partial charge in [0.25, 0.3) is 5.91 Å². The summed E-state index contributed by atoms with van der Waals surface area (Å²) in [5.74, 6) is 0.692. The van der Waals surface area contributed by atoms with Crippen LogP contribution >= 0.6 is 0 Å². The average molecular weight is 354 g/mol. The Labute approximate surface area is 144 Å². The van der Waals surface area contributed by atoms with Gasteiger partial charge in [0.1, 0.15) is 5.75 Å². The third kappa shape index (κ3) is 4.08. The normalized spacial score (nSPS) is 17.0. The van der Waals surface area contributed by atoms with Gasteiger partial charge in [0.2, 0.25) is 10.0 Å². The molecule has 1 aromatic carbocycles. The Morgan fingerprint density at radius 3 is 2.17 bits per heavy atom. The lowest BCUT2D eigenvalue weighted by Crippen LogP contribution is -2.50. The van der Waals surface area contributed by atoms with E-state index in [4.69, 9.17) is 4.74 Å². The minimum absolute atomic E-state index is 0.0729. The van der Waals surface area contributed by atoms with Crippen molar-refractivity contribution in [2.75, 3.05) is 39.5 Å². The lowest BCUT2D eigenvalue weighted by atomic mass is 9.85. The molecular formula is C17H26N2O4S. The Kier molecular flexibility index (Phi) is 5.25. The van der Waals surface area contributed by atoms with E-state index in [-0.39, 0.29) is 11.3 Å². The number of hydrogen-bond acceptors (Lipinski definition) is 4. The van der Waals surface area contributed by atoms with Gasteiger partial charge in [0.05, 0.1) is 13.4 Å². The minimum Gasteiger partial charge on any atom is -0.496 e. The molecule has 0 spiro atoms. The highest BCUT2D eigenvalue weighted by Gasteiger charge is 2.28. The number of nitrogens with zero attached hydrogens (tertiary/aromatic N) is 2. The molecule has 6 nitrogen and oxygen atoms in total. The van der Waals surface area contributed by atoms with Crippen molar-refractivity contribution < 1.29 is 17.9 Å². The van der Waals surface area contributed by atoms with Gasteiger partial charge < -0.3 is 9.64 Å². The zero-order valence-electron chi connectivity index (χ0n) is 15.0. The molecule has 0 unspecified atom stereocenters. The quantitative estimate of drug-likeness (QED) is 0.829. The molecule has 134 valence electrons. The first-order valence-electron chi connectivity index (χ1n) is 7.97. The summed E-state index contributed by atoms with van der Waals surface area (Å²) in [6.45, 7) is 7.71. The smallest absolute Gasteiger partial charge is 0.253 e. The predicted molar refractivity (Wildman–Crippen MR) is 94.0 cm³/mol. The molecule has 0 radical (unpaired) electrons. The molecule has 1 heterocycles. The molecule has 1 amide bonds. The van der Waals surface area contributed by atoms with E-state index in [0.717, 1.165) is 11.3 Å². The average Bonchev–Trinajstić information content (AvgIpc) is 2.52. The number of amides is 1. The van der Waals surface area contributed by atoms with Crippen molar-refractivity contribution in [1.82, 2.24) is 9.21 Å². The highest BCUT2D eigenvalue weighted by atomic mass is 32.2. The topological polar surface area (TPSA) is 66.9 Å². The largest absolute Gasteiger partial charge is 0.496 e. The van der Waals surface area contributed by atoms with E-state index in [1.54, 1.807) is 18.1 Å². The third-order valence-electron chi connectivity index (χ3n) is 4.25. The number of methoxy groups -OCH3 is 1. The molecule has 24 heavy (non-hydrogen) atoms. The number of carbonyl (C=O) groups is 1. The van der Waals surface area contributed by atoms with Crippen LogP contribution in [0.3, 0.4) is 0 Å². The van der Waals surface area contributed by atoms with Gasteiger partial charge in [-0.1, -0.05) is 20.8 Å². The van der Waals surface area contributed by atoms with Crippen LogP contribution in [0.2, 0.25) is 0 Å². The first kappa shape index (κ1) is 18.7. The molecule has 2 rings (SSSR count). The van der Waals surface area contributed by atoms with Crippen LogP contribution in [0.4, 0.5) is 0 Å². The van der Waals surface area contributed by atoms with Crippen LogP contribution in [-0.4, -0.2) is 63.1 Å². The molecule has 7 heteroatoms. The second kappa shape index (κ2) is 6.72. The van der Waals surface area contributed by atoms with Gasteiger partial charge >= 0.3 is 0 Å². The summed E-state index contributed by atoms with van der Waals surface area (Å²) >= 11 is 0. The second-order valence-corrected chi connectivity index (χ2v) is 9.10. The molecule has 1 aliphatic rings. The fourth-order valence-electron chi connectivity index (χ4n) is 2.83. The summed E-state index contributed by atoms with van der Waals surface area (Å²) in [6.07, 6.45) is 1.20. The number of hydrogen-bond donors (Lipinski definition) is 0. The highest BCUT2D eigenvalue weighted by molar-refractivity contribution is 7.88. The van der Waals surface area contributed by atoms with E-state index >= 15 is 0 Å². The van der Waals surface area contributed by atoms with Crippen molar-refractivity contribution in [3.05, 3.63) is 29.3 Å². The Bertz CT molecular complexity index is 715. The predicted octanol–water partition coefficient (Wildman–Crippen LogP) is 1.71. The third-order valence-corrected chi connectivity index (χ3v) is 5.55. The summed E-state index contributed by atoms with van der Waals surface area (Å²) in [7, 11) is -1.57. The molecule has 0 N–H and O–H groups in total. The summed E-state index contributed by atoms with van der Waals surface area (Å²) in [5, 5.41) is 0. The maximum Gasteiger partial charge on any atom is 0.253 e. The molecule has 0 saturated carbocycles. The van der Waals surface area contributed by atoms with Crippen LogP contribution in [0.5, 0.6) is 5.75 Å². The Hall–Kier alpha value is -1.60. The molecule has 1 fully saturated rings. The van der Waals surface area contributed by atoms with Crippen LogP contribution in [0, 0.1) is 0 Å². The molecule has 0 atom stereocenters. The maximum absolute atomic E-state index is 12.8. The van der Waals surface area contributed by atoms with Crippen molar-refractivity contribution in [1.29, 1.82) is 0 Å². The van der Waals surface area contributed by atoms with Gasteiger partial charge in [-0.25, -0.2) is 8.42 Å².